The molecule has 2 fully saturated rings. The molecular weight excluding hydrogens is 302 g/mol. The minimum Gasteiger partial charge on any atom is -0.480 e. The predicted octanol–water partition coefficient (Wildman–Crippen LogP) is -0.718. The summed E-state index contributed by atoms with van der Waals surface area (Å²) in [5.74, 6) is -1.72. The fourth-order valence-electron chi connectivity index (χ4n) is 2.74. The molecule has 112 valence electrons. The van der Waals surface area contributed by atoms with Gasteiger partial charge in [-0.25, -0.2) is 13.2 Å². The topological polar surface area (TPSA) is 131 Å². The van der Waals surface area contributed by atoms with Gasteiger partial charge in [-0.3, -0.25) is 4.79 Å². The van der Waals surface area contributed by atoms with Gasteiger partial charge in [0.05, 0.1) is 6.42 Å². The van der Waals surface area contributed by atoms with Crippen LogP contribution in [0.5, 0.6) is 0 Å². The second-order valence-corrected chi connectivity index (χ2v) is 7.57. The molecule has 10 heteroatoms. The van der Waals surface area contributed by atoms with Crippen molar-refractivity contribution in [1.29, 1.82) is 0 Å². The fraction of sp³-hybridized carbons (Fsp3) is 0.455. The lowest BCUT2D eigenvalue weighted by Crippen LogP contribution is -2.57. The number of nitrogens with zero attached hydrogens (tertiary/aromatic N) is 3. The number of rotatable bonds is 3. The van der Waals surface area contributed by atoms with E-state index in [4.69, 9.17) is 0 Å². The minimum atomic E-state index is -3.86. The van der Waals surface area contributed by atoms with Crippen molar-refractivity contribution in [2.45, 2.75) is 29.5 Å². The number of fused-ring (bicyclic) bond motifs is 1. The Balaban J connectivity index is 2.08. The molecule has 2 saturated heterocycles. The average Bonchev–Trinajstić information content (AvgIpc) is 2.95. The van der Waals surface area contributed by atoms with Gasteiger partial charge in [0.1, 0.15) is 10.1 Å². The summed E-state index contributed by atoms with van der Waals surface area (Å²) >= 11 is 0. The molecule has 9 nitrogen and oxygen atoms in total. The van der Waals surface area contributed by atoms with Crippen LogP contribution in [0.3, 0.4) is 0 Å². The van der Waals surface area contributed by atoms with Gasteiger partial charge < -0.3 is 14.5 Å². The maximum atomic E-state index is 12.5. The van der Waals surface area contributed by atoms with E-state index in [9.17, 15) is 23.1 Å². The summed E-state index contributed by atoms with van der Waals surface area (Å²) in [4.78, 5) is 27.7. The highest BCUT2D eigenvalue weighted by molar-refractivity contribution is 7.94. The lowest BCUT2D eigenvalue weighted by molar-refractivity contribution is -0.157. The normalized spacial score (nSPS) is 34.0. The third-order valence-electron chi connectivity index (χ3n) is 3.92. The highest BCUT2D eigenvalue weighted by atomic mass is 32.2. The van der Waals surface area contributed by atoms with Crippen molar-refractivity contribution >= 4 is 27.8 Å². The SMILES string of the molecule is C[C@]1(/C=C/c2ncon2)[C@H](C(=O)O)N2C(=O)C[C@H]2S1(=O)=O. The van der Waals surface area contributed by atoms with Crippen LogP contribution in [0, 0.1) is 0 Å². The summed E-state index contributed by atoms with van der Waals surface area (Å²) < 4.78 is 27.8. The van der Waals surface area contributed by atoms with Crippen molar-refractivity contribution in [3.63, 3.8) is 0 Å². The molecule has 0 unspecified atom stereocenters. The summed E-state index contributed by atoms with van der Waals surface area (Å²) in [6.45, 7) is 1.28. The van der Waals surface area contributed by atoms with Crippen molar-refractivity contribution in [3.05, 3.63) is 18.3 Å². The van der Waals surface area contributed by atoms with Gasteiger partial charge in [-0.15, -0.1) is 0 Å². The van der Waals surface area contributed by atoms with Crippen molar-refractivity contribution in [3.8, 4) is 0 Å². The van der Waals surface area contributed by atoms with E-state index in [1.807, 2.05) is 0 Å². The van der Waals surface area contributed by atoms with Crippen LogP contribution in [0.2, 0.25) is 0 Å². The molecule has 3 rings (SSSR count). The molecule has 0 bridgehead atoms. The number of aromatic nitrogens is 2. The zero-order chi connectivity index (χ0) is 15.4. The summed E-state index contributed by atoms with van der Waals surface area (Å²) in [5, 5.41) is 11.8. The van der Waals surface area contributed by atoms with Crippen molar-refractivity contribution in [1.82, 2.24) is 15.0 Å². The zero-order valence-electron chi connectivity index (χ0n) is 10.8. The third kappa shape index (κ3) is 1.65. The molecule has 3 heterocycles. The Kier molecular flexibility index (Phi) is 2.70. The Morgan fingerprint density at radius 3 is 2.86 bits per heavy atom. The fourth-order valence-corrected chi connectivity index (χ4v) is 5.01. The summed E-state index contributed by atoms with van der Waals surface area (Å²) in [6.07, 6.45) is 3.36. The highest BCUT2D eigenvalue weighted by Crippen LogP contribution is 2.46. The Morgan fingerprint density at radius 2 is 2.33 bits per heavy atom. The summed E-state index contributed by atoms with van der Waals surface area (Å²) in [6, 6.07) is -1.46. The minimum absolute atomic E-state index is 0.121. The van der Waals surface area contributed by atoms with Crippen molar-refractivity contribution < 1.29 is 27.6 Å². The number of β-lactam (4-membered cyclic amide) rings is 1. The van der Waals surface area contributed by atoms with Gasteiger partial charge in [-0.2, -0.15) is 4.98 Å². The zero-order valence-corrected chi connectivity index (χ0v) is 11.6. The first kappa shape index (κ1) is 13.7. The standard InChI is InChI=1S/C11H11N3O6S/c1-11(3-2-6-12-5-20-13-6)9(10(16)17)14-7(15)4-8(14)21(11,18)19/h2-3,5,8-9H,4H2,1H3,(H,16,17)/b3-2+/t8-,9+,11+/m1/s1. The molecule has 2 aliphatic rings. The molecule has 1 N–H and O–H groups in total. The Labute approximate surface area is 119 Å². The number of sulfone groups is 1. The van der Waals surface area contributed by atoms with Crippen LogP contribution in [-0.4, -0.2) is 56.6 Å². The Morgan fingerprint density at radius 1 is 1.62 bits per heavy atom. The molecule has 0 saturated carbocycles. The molecule has 0 aliphatic carbocycles. The lowest BCUT2D eigenvalue weighted by atomic mass is 9.96. The van der Waals surface area contributed by atoms with Gasteiger partial charge in [0.15, 0.2) is 21.7 Å². The maximum Gasteiger partial charge on any atom is 0.328 e. The van der Waals surface area contributed by atoms with E-state index < -0.39 is 37.9 Å². The molecule has 1 amide bonds. The van der Waals surface area contributed by atoms with E-state index in [1.165, 1.54) is 19.1 Å². The number of carboxylic acid groups (broad SMARTS) is 1. The monoisotopic (exact) mass is 313 g/mol. The van der Waals surface area contributed by atoms with E-state index in [0.29, 0.717) is 0 Å². The van der Waals surface area contributed by atoms with Crippen LogP contribution in [-0.2, 0) is 19.4 Å². The largest absolute Gasteiger partial charge is 0.480 e. The van der Waals surface area contributed by atoms with Gasteiger partial charge >= 0.3 is 5.97 Å². The van der Waals surface area contributed by atoms with E-state index in [-0.39, 0.29) is 12.2 Å². The summed E-state index contributed by atoms with van der Waals surface area (Å²) in [5.41, 5.74) is 0. The first-order valence-corrected chi connectivity index (χ1v) is 7.56. The average molecular weight is 313 g/mol. The van der Waals surface area contributed by atoms with Crippen LogP contribution in [0.25, 0.3) is 6.08 Å². The van der Waals surface area contributed by atoms with Crippen molar-refractivity contribution in [2.75, 3.05) is 0 Å². The molecule has 0 aromatic carbocycles. The number of carbonyl (C=O) groups excluding carboxylic acids is 1. The van der Waals surface area contributed by atoms with Gasteiger partial charge in [0, 0.05) is 0 Å². The smallest absolute Gasteiger partial charge is 0.328 e. The number of amides is 1. The number of carbonyl (C=O) groups is 2. The lowest BCUT2D eigenvalue weighted by Gasteiger charge is -2.35. The number of hydrogen-bond acceptors (Lipinski definition) is 7. The molecule has 2 aliphatic heterocycles. The number of aliphatic carboxylic acids is 1. The molecule has 21 heavy (non-hydrogen) atoms. The second kappa shape index (κ2) is 4.13. The third-order valence-corrected chi connectivity index (χ3v) is 6.61. The predicted molar refractivity (Wildman–Crippen MR) is 67.3 cm³/mol. The number of hydrogen-bond donors (Lipinski definition) is 1. The molecule has 3 atom stereocenters. The van der Waals surface area contributed by atoms with Gasteiger partial charge in [0.2, 0.25) is 12.3 Å². The molecule has 1 aromatic heterocycles. The van der Waals surface area contributed by atoms with Gasteiger partial charge in [-0.1, -0.05) is 11.2 Å². The molecular formula is C11H11N3O6S. The quantitative estimate of drug-likeness (QED) is 0.723. The van der Waals surface area contributed by atoms with E-state index in [2.05, 4.69) is 14.7 Å². The first-order valence-electron chi connectivity index (χ1n) is 6.02. The Hall–Kier alpha value is -2.23. The van der Waals surface area contributed by atoms with Gasteiger partial charge in [-0.05, 0) is 13.0 Å². The van der Waals surface area contributed by atoms with Crippen molar-refractivity contribution in [2.24, 2.45) is 0 Å². The van der Waals surface area contributed by atoms with Crippen LogP contribution in [0.15, 0.2) is 17.0 Å². The molecule has 0 radical (unpaired) electrons. The Bertz CT molecular complexity index is 740. The first-order chi connectivity index (χ1) is 9.79. The van der Waals surface area contributed by atoms with E-state index >= 15 is 0 Å². The van der Waals surface area contributed by atoms with Crippen LogP contribution >= 0.6 is 0 Å². The van der Waals surface area contributed by atoms with E-state index in [0.717, 1.165) is 11.3 Å². The van der Waals surface area contributed by atoms with Gasteiger partial charge in [0.25, 0.3) is 0 Å². The van der Waals surface area contributed by atoms with Crippen LogP contribution in [0.4, 0.5) is 0 Å². The van der Waals surface area contributed by atoms with Crippen LogP contribution in [0.1, 0.15) is 19.2 Å². The molecule has 0 spiro atoms. The summed E-state index contributed by atoms with van der Waals surface area (Å²) in [7, 11) is -3.86. The second-order valence-electron chi connectivity index (χ2n) is 5.05. The maximum absolute atomic E-state index is 12.5. The number of carboxylic acids is 1. The van der Waals surface area contributed by atoms with E-state index in [1.54, 1.807) is 0 Å². The van der Waals surface area contributed by atoms with Crippen LogP contribution < -0.4 is 0 Å². The molecule has 1 aromatic rings. The highest BCUT2D eigenvalue weighted by Gasteiger charge is 2.69.